The van der Waals surface area contributed by atoms with Crippen LogP contribution in [-0.4, -0.2) is 32.3 Å². The Morgan fingerprint density at radius 1 is 1.68 bits per heavy atom. The number of nitriles is 1. The largest absolute Gasteiger partial charge is 0.465 e. The summed E-state index contributed by atoms with van der Waals surface area (Å²) in [4.78, 5) is 11.5. The van der Waals surface area contributed by atoms with Gasteiger partial charge in [0, 0.05) is 13.2 Å². The molecule has 0 bridgehead atoms. The van der Waals surface area contributed by atoms with Gasteiger partial charge < -0.3 is 20.5 Å². The topological polar surface area (TPSA) is 97.4 Å². The number of nitrogens with one attached hydrogen (secondary N) is 1. The molecule has 1 aliphatic rings. The third kappa shape index (κ3) is 2.77. The number of nitrogens with two attached hydrogens (primary N) is 1. The van der Waals surface area contributed by atoms with Crippen LogP contribution in [0, 0.1) is 11.3 Å². The summed E-state index contributed by atoms with van der Waals surface area (Å²) in [5.74, 6) is -0.501. The molecule has 0 aromatic heterocycles. The number of benzene rings is 1. The zero-order chi connectivity index (χ0) is 13.8. The number of carbonyl (C=O) groups is 1. The van der Waals surface area contributed by atoms with Crippen LogP contribution in [0.15, 0.2) is 12.1 Å². The Balaban J connectivity index is 2.24. The second kappa shape index (κ2) is 5.59. The maximum atomic E-state index is 11.5. The van der Waals surface area contributed by atoms with Crippen LogP contribution in [0.5, 0.6) is 0 Å². The van der Waals surface area contributed by atoms with E-state index in [1.165, 1.54) is 13.2 Å². The van der Waals surface area contributed by atoms with E-state index in [4.69, 9.17) is 15.7 Å². The van der Waals surface area contributed by atoms with E-state index in [0.29, 0.717) is 23.5 Å². The molecule has 1 fully saturated rings. The molecule has 1 aromatic rings. The zero-order valence-corrected chi connectivity index (χ0v) is 10.6. The lowest BCUT2D eigenvalue weighted by atomic mass is 10.1. The molecule has 0 spiro atoms. The van der Waals surface area contributed by atoms with E-state index in [-0.39, 0.29) is 11.7 Å². The molecular formula is C13H15N3O3. The quantitative estimate of drug-likeness (QED) is 0.622. The number of rotatable bonds is 4. The fourth-order valence-electron chi connectivity index (χ4n) is 1.80. The maximum absolute atomic E-state index is 11.5. The number of esters is 1. The number of carbonyl (C=O) groups excluding carboxylic acids is 1. The van der Waals surface area contributed by atoms with E-state index in [1.54, 1.807) is 6.07 Å². The summed E-state index contributed by atoms with van der Waals surface area (Å²) in [7, 11) is 1.29. The molecule has 1 heterocycles. The maximum Gasteiger partial charge on any atom is 0.337 e. The van der Waals surface area contributed by atoms with Crippen LogP contribution < -0.4 is 11.1 Å². The lowest BCUT2D eigenvalue weighted by molar-refractivity contribution is -0.0410. The summed E-state index contributed by atoms with van der Waals surface area (Å²) in [6.07, 6.45) is 1.15. The smallest absolute Gasteiger partial charge is 0.337 e. The van der Waals surface area contributed by atoms with Crippen LogP contribution in [0.4, 0.5) is 11.4 Å². The average molecular weight is 261 g/mol. The predicted molar refractivity (Wildman–Crippen MR) is 69.8 cm³/mol. The Hall–Kier alpha value is -2.26. The van der Waals surface area contributed by atoms with Crippen molar-refractivity contribution < 1.29 is 14.3 Å². The lowest BCUT2D eigenvalue weighted by Gasteiger charge is -2.27. The van der Waals surface area contributed by atoms with E-state index in [2.05, 4.69) is 10.1 Å². The molecule has 100 valence electrons. The number of methoxy groups -OCH3 is 1. The van der Waals surface area contributed by atoms with Gasteiger partial charge >= 0.3 is 5.97 Å². The molecule has 1 aliphatic heterocycles. The van der Waals surface area contributed by atoms with Crippen molar-refractivity contribution in [3.8, 4) is 6.07 Å². The minimum absolute atomic E-state index is 0.159. The molecule has 2 rings (SSSR count). The molecule has 0 amide bonds. The van der Waals surface area contributed by atoms with Gasteiger partial charge in [-0.05, 0) is 18.6 Å². The number of hydrogen-bond acceptors (Lipinski definition) is 6. The van der Waals surface area contributed by atoms with E-state index in [1.807, 2.05) is 6.07 Å². The van der Waals surface area contributed by atoms with Crippen molar-refractivity contribution in [2.24, 2.45) is 0 Å². The van der Waals surface area contributed by atoms with E-state index in [9.17, 15) is 4.79 Å². The average Bonchev–Trinajstić information content (AvgIpc) is 2.37. The van der Waals surface area contributed by atoms with Crippen LogP contribution in [0.2, 0.25) is 0 Å². The highest BCUT2D eigenvalue weighted by Crippen LogP contribution is 2.26. The van der Waals surface area contributed by atoms with Crippen molar-refractivity contribution in [2.45, 2.75) is 12.5 Å². The van der Waals surface area contributed by atoms with Gasteiger partial charge in [0.05, 0.1) is 35.7 Å². The fraction of sp³-hybridized carbons (Fsp3) is 0.385. The summed E-state index contributed by atoms with van der Waals surface area (Å²) in [5, 5.41) is 12.1. The van der Waals surface area contributed by atoms with Crippen LogP contribution >= 0.6 is 0 Å². The first kappa shape index (κ1) is 13.2. The standard InChI is InChI=1S/C13H15N3O3/c1-18-13(17)8-4-9(6-14)12(15)11(5-8)16-7-10-2-3-19-10/h4-5,10,16H,2-3,7,15H2,1H3/t10-/m0/s1. The van der Waals surface area contributed by atoms with Crippen molar-refractivity contribution in [1.29, 1.82) is 5.26 Å². The Kier molecular flexibility index (Phi) is 3.88. The minimum atomic E-state index is -0.501. The molecule has 0 aliphatic carbocycles. The molecule has 6 nitrogen and oxygen atoms in total. The molecule has 0 unspecified atom stereocenters. The summed E-state index contributed by atoms with van der Waals surface area (Å²) < 4.78 is 9.93. The van der Waals surface area contributed by atoms with Crippen molar-refractivity contribution in [3.05, 3.63) is 23.3 Å². The normalized spacial score (nSPS) is 17.2. The summed E-state index contributed by atoms with van der Waals surface area (Å²) in [6, 6.07) is 4.97. The molecule has 3 N–H and O–H groups in total. The highest BCUT2D eigenvalue weighted by Gasteiger charge is 2.19. The number of hydrogen-bond donors (Lipinski definition) is 2. The minimum Gasteiger partial charge on any atom is -0.465 e. The van der Waals surface area contributed by atoms with Gasteiger partial charge in [0.15, 0.2) is 0 Å². The highest BCUT2D eigenvalue weighted by molar-refractivity contribution is 5.93. The van der Waals surface area contributed by atoms with Gasteiger partial charge in [-0.15, -0.1) is 0 Å². The highest BCUT2D eigenvalue weighted by atomic mass is 16.5. The van der Waals surface area contributed by atoms with Crippen molar-refractivity contribution in [1.82, 2.24) is 0 Å². The van der Waals surface area contributed by atoms with Gasteiger partial charge in [-0.3, -0.25) is 0 Å². The van der Waals surface area contributed by atoms with E-state index in [0.717, 1.165) is 13.0 Å². The van der Waals surface area contributed by atoms with Gasteiger partial charge in [0.25, 0.3) is 0 Å². The van der Waals surface area contributed by atoms with Crippen LogP contribution in [0.1, 0.15) is 22.3 Å². The van der Waals surface area contributed by atoms with Gasteiger partial charge in [0.2, 0.25) is 0 Å². The number of nitrogens with zero attached hydrogens (tertiary/aromatic N) is 1. The second-order valence-electron chi connectivity index (χ2n) is 4.25. The first-order valence-electron chi connectivity index (χ1n) is 5.93. The zero-order valence-electron chi connectivity index (χ0n) is 10.6. The molecule has 6 heteroatoms. The number of anilines is 2. The van der Waals surface area contributed by atoms with Crippen LogP contribution in [-0.2, 0) is 9.47 Å². The molecule has 19 heavy (non-hydrogen) atoms. The SMILES string of the molecule is COC(=O)c1cc(C#N)c(N)c(NC[C@@H]2CCO2)c1. The molecular weight excluding hydrogens is 246 g/mol. The number of nitrogen functional groups attached to an aromatic ring is 1. The number of ether oxygens (including phenoxy) is 2. The predicted octanol–water partition coefficient (Wildman–Crippen LogP) is 1.13. The van der Waals surface area contributed by atoms with Gasteiger partial charge in [-0.2, -0.15) is 5.26 Å². The molecule has 0 saturated carbocycles. The molecule has 1 atom stereocenters. The Bertz CT molecular complexity index is 533. The van der Waals surface area contributed by atoms with Gasteiger partial charge in [-0.25, -0.2) is 4.79 Å². The van der Waals surface area contributed by atoms with Crippen molar-refractivity contribution >= 4 is 17.3 Å². The first-order chi connectivity index (χ1) is 9.15. The van der Waals surface area contributed by atoms with Crippen molar-refractivity contribution in [3.63, 3.8) is 0 Å². The Morgan fingerprint density at radius 3 is 2.95 bits per heavy atom. The van der Waals surface area contributed by atoms with Crippen LogP contribution in [0.25, 0.3) is 0 Å². The van der Waals surface area contributed by atoms with E-state index >= 15 is 0 Å². The first-order valence-corrected chi connectivity index (χ1v) is 5.93. The Morgan fingerprint density at radius 2 is 2.42 bits per heavy atom. The molecule has 0 radical (unpaired) electrons. The fourth-order valence-corrected chi connectivity index (χ4v) is 1.80. The van der Waals surface area contributed by atoms with E-state index < -0.39 is 5.97 Å². The summed E-state index contributed by atoms with van der Waals surface area (Å²) in [6.45, 7) is 1.37. The molecule has 1 saturated heterocycles. The van der Waals surface area contributed by atoms with Gasteiger partial charge in [-0.1, -0.05) is 0 Å². The summed E-state index contributed by atoms with van der Waals surface area (Å²) in [5.41, 5.74) is 7.30. The Labute approximate surface area is 111 Å². The lowest BCUT2D eigenvalue weighted by Crippen LogP contribution is -2.33. The van der Waals surface area contributed by atoms with Crippen molar-refractivity contribution in [2.75, 3.05) is 31.3 Å². The van der Waals surface area contributed by atoms with Crippen LogP contribution in [0.3, 0.4) is 0 Å². The monoisotopic (exact) mass is 261 g/mol. The molecule has 1 aromatic carbocycles. The third-order valence-electron chi connectivity index (χ3n) is 3.04. The third-order valence-corrected chi connectivity index (χ3v) is 3.04. The summed E-state index contributed by atoms with van der Waals surface area (Å²) >= 11 is 0. The second-order valence-corrected chi connectivity index (χ2v) is 4.25. The van der Waals surface area contributed by atoms with Gasteiger partial charge in [0.1, 0.15) is 6.07 Å².